The highest BCUT2D eigenvalue weighted by Crippen LogP contribution is 2.07. The molecule has 0 saturated carbocycles. The van der Waals surface area contributed by atoms with Gasteiger partial charge in [-0.15, -0.1) is 0 Å². The number of aliphatic hydroxyl groups excluding tert-OH is 1. The van der Waals surface area contributed by atoms with Gasteiger partial charge in [0, 0.05) is 39.3 Å². The van der Waals surface area contributed by atoms with Gasteiger partial charge in [-0.3, -0.25) is 0 Å². The molecule has 0 atom stereocenters. The summed E-state index contributed by atoms with van der Waals surface area (Å²) in [4.78, 5) is 2.19. The Morgan fingerprint density at radius 2 is 1.80 bits per heavy atom. The van der Waals surface area contributed by atoms with Gasteiger partial charge in [-0.1, -0.05) is 0 Å². The molecule has 1 saturated heterocycles. The van der Waals surface area contributed by atoms with Gasteiger partial charge < -0.3 is 10.0 Å². The van der Waals surface area contributed by atoms with Crippen molar-refractivity contribution in [2.75, 3.05) is 45.1 Å². The summed E-state index contributed by atoms with van der Waals surface area (Å²) in [5.41, 5.74) is 0. The van der Waals surface area contributed by atoms with Gasteiger partial charge in [-0.2, -0.15) is 4.31 Å². The Bertz CT molecular complexity index is 271. The molecule has 1 N–H and O–H groups in total. The highest BCUT2D eigenvalue weighted by molar-refractivity contribution is 7.89. The van der Waals surface area contributed by atoms with Crippen LogP contribution in [0.15, 0.2) is 0 Å². The minimum atomic E-state index is -3.01. The zero-order valence-corrected chi connectivity index (χ0v) is 10.0. The molecule has 6 heteroatoms. The van der Waals surface area contributed by atoms with Crippen LogP contribution in [0.25, 0.3) is 0 Å². The van der Waals surface area contributed by atoms with Crippen molar-refractivity contribution in [3.8, 4) is 0 Å². The predicted molar refractivity (Wildman–Crippen MR) is 59.2 cm³/mol. The fourth-order valence-corrected chi connectivity index (χ4v) is 2.79. The lowest BCUT2D eigenvalue weighted by Gasteiger charge is -2.33. The average molecular weight is 236 g/mol. The van der Waals surface area contributed by atoms with Crippen LogP contribution in [-0.4, -0.2) is 67.8 Å². The van der Waals surface area contributed by atoms with E-state index < -0.39 is 10.0 Å². The van der Waals surface area contributed by atoms with E-state index in [1.165, 1.54) is 0 Å². The SMILES string of the molecule is CCS(=O)(=O)N1CCN(CCCO)CC1. The quantitative estimate of drug-likeness (QED) is 0.688. The lowest BCUT2D eigenvalue weighted by atomic mass is 10.3. The molecule has 0 radical (unpaired) electrons. The third-order valence-corrected chi connectivity index (χ3v) is 4.60. The number of aliphatic hydroxyl groups is 1. The molecule has 1 heterocycles. The Morgan fingerprint density at radius 3 is 2.27 bits per heavy atom. The number of sulfonamides is 1. The van der Waals surface area contributed by atoms with E-state index >= 15 is 0 Å². The molecule has 0 aromatic heterocycles. The molecule has 1 aliphatic heterocycles. The maximum absolute atomic E-state index is 11.5. The molecule has 0 unspecified atom stereocenters. The molecule has 0 spiro atoms. The maximum Gasteiger partial charge on any atom is 0.213 e. The molecule has 5 nitrogen and oxygen atoms in total. The van der Waals surface area contributed by atoms with Crippen molar-refractivity contribution >= 4 is 10.0 Å². The topological polar surface area (TPSA) is 60.9 Å². The Kier molecular flexibility index (Phi) is 4.98. The molecule has 1 fully saturated rings. The van der Waals surface area contributed by atoms with Crippen LogP contribution in [0.4, 0.5) is 0 Å². The van der Waals surface area contributed by atoms with E-state index in [1.54, 1.807) is 11.2 Å². The van der Waals surface area contributed by atoms with Gasteiger partial charge in [0.05, 0.1) is 5.75 Å². The first-order valence-electron chi connectivity index (χ1n) is 5.41. The number of piperazine rings is 1. The molecule has 1 aliphatic rings. The number of hydrogen-bond acceptors (Lipinski definition) is 4. The summed E-state index contributed by atoms with van der Waals surface area (Å²) in [5.74, 6) is 0.184. The molecular weight excluding hydrogens is 216 g/mol. The first kappa shape index (κ1) is 12.9. The van der Waals surface area contributed by atoms with Crippen LogP contribution in [-0.2, 0) is 10.0 Å². The second-order valence-electron chi connectivity index (χ2n) is 3.72. The van der Waals surface area contributed by atoms with Gasteiger partial charge in [-0.25, -0.2) is 8.42 Å². The molecule has 0 amide bonds. The maximum atomic E-state index is 11.5. The fraction of sp³-hybridized carbons (Fsp3) is 1.00. The smallest absolute Gasteiger partial charge is 0.213 e. The summed E-state index contributed by atoms with van der Waals surface area (Å²) in [6, 6.07) is 0. The zero-order valence-electron chi connectivity index (χ0n) is 9.22. The Balaban J connectivity index is 2.36. The van der Waals surface area contributed by atoms with Crippen LogP contribution < -0.4 is 0 Å². The van der Waals surface area contributed by atoms with Crippen LogP contribution >= 0.6 is 0 Å². The molecular formula is C9H20N2O3S. The third kappa shape index (κ3) is 3.71. The molecule has 1 rings (SSSR count). The van der Waals surface area contributed by atoms with Crippen LogP contribution in [0.3, 0.4) is 0 Å². The third-order valence-electron chi connectivity index (χ3n) is 2.72. The minimum Gasteiger partial charge on any atom is -0.396 e. The monoisotopic (exact) mass is 236 g/mol. The Morgan fingerprint density at radius 1 is 1.20 bits per heavy atom. The normalized spacial score (nSPS) is 20.7. The average Bonchev–Trinajstić information content (AvgIpc) is 2.27. The number of hydrogen-bond donors (Lipinski definition) is 1. The van der Waals surface area contributed by atoms with E-state index in [4.69, 9.17) is 5.11 Å². The van der Waals surface area contributed by atoms with Crippen molar-refractivity contribution in [1.29, 1.82) is 0 Å². The van der Waals surface area contributed by atoms with Crippen LogP contribution in [0.2, 0.25) is 0 Å². The van der Waals surface area contributed by atoms with Gasteiger partial charge >= 0.3 is 0 Å². The summed E-state index contributed by atoms with van der Waals surface area (Å²) in [7, 11) is -3.01. The first-order valence-corrected chi connectivity index (χ1v) is 7.02. The predicted octanol–water partition coefficient (Wildman–Crippen LogP) is -0.664. The highest BCUT2D eigenvalue weighted by Gasteiger charge is 2.24. The van der Waals surface area contributed by atoms with E-state index in [0.717, 1.165) is 26.1 Å². The molecule has 15 heavy (non-hydrogen) atoms. The lowest BCUT2D eigenvalue weighted by Crippen LogP contribution is -2.49. The van der Waals surface area contributed by atoms with Crippen molar-refractivity contribution in [3.63, 3.8) is 0 Å². The van der Waals surface area contributed by atoms with Gasteiger partial charge in [0.2, 0.25) is 10.0 Å². The largest absolute Gasteiger partial charge is 0.396 e. The first-order chi connectivity index (χ1) is 7.10. The van der Waals surface area contributed by atoms with E-state index in [1.807, 2.05) is 0 Å². The van der Waals surface area contributed by atoms with Gasteiger partial charge in [0.1, 0.15) is 0 Å². The van der Waals surface area contributed by atoms with Gasteiger partial charge in [0.15, 0.2) is 0 Å². The van der Waals surface area contributed by atoms with Crippen molar-refractivity contribution in [2.45, 2.75) is 13.3 Å². The summed E-state index contributed by atoms with van der Waals surface area (Å²) < 4.78 is 24.6. The highest BCUT2D eigenvalue weighted by atomic mass is 32.2. The van der Waals surface area contributed by atoms with E-state index in [9.17, 15) is 8.42 Å². The second-order valence-corrected chi connectivity index (χ2v) is 5.98. The summed E-state index contributed by atoms with van der Waals surface area (Å²) in [6.45, 7) is 5.46. The van der Waals surface area contributed by atoms with Gasteiger partial charge in [-0.05, 0) is 13.3 Å². The Labute approximate surface area is 91.7 Å². The summed E-state index contributed by atoms with van der Waals surface area (Å²) >= 11 is 0. The van der Waals surface area contributed by atoms with E-state index in [-0.39, 0.29) is 12.4 Å². The number of nitrogens with zero attached hydrogens (tertiary/aromatic N) is 2. The van der Waals surface area contributed by atoms with Crippen LogP contribution in [0, 0.1) is 0 Å². The summed E-state index contributed by atoms with van der Waals surface area (Å²) in [6.07, 6.45) is 0.764. The van der Waals surface area contributed by atoms with Crippen molar-refractivity contribution in [3.05, 3.63) is 0 Å². The molecule has 0 bridgehead atoms. The summed E-state index contributed by atoms with van der Waals surface area (Å²) in [5, 5.41) is 8.68. The minimum absolute atomic E-state index is 0.184. The van der Waals surface area contributed by atoms with E-state index in [2.05, 4.69) is 4.90 Å². The lowest BCUT2D eigenvalue weighted by molar-refractivity contribution is 0.171. The molecule has 0 aromatic rings. The standard InChI is InChI=1S/C9H20N2O3S/c1-2-15(13,14)11-7-5-10(6-8-11)4-3-9-12/h12H,2-9H2,1H3. The van der Waals surface area contributed by atoms with Crippen molar-refractivity contribution in [2.24, 2.45) is 0 Å². The molecule has 0 aromatic carbocycles. The van der Waals surface area contributed by atoms with E-state index in [0.29, 0.717) is 13.1 Å². The van der Waals surface area contributed by atoms with Crippen molar-refractivity contribution < 1.29 is 13.5 Å². The van der Waals surface area contributed by atoms with Crippen LogP contribution in [0.1, 0.15) is 13.3 Å². The second kappa shape index (κ2) is 5.79. The van der Waals surface area contributed by atoms with Gasteiger partial charge in [0.25, 0.3) is 0 Å². The molecule has 90 valence electrons. The van der Waals surface area contributed by atoms with Crippen LogP contribution in [0.5, 0.6) is 0 Å². The zero-order chi connectivity index (χ0) is 11.3. The molecule has 0 aliphatic carbocycles. The number of rotatable bonds is 5. The Hall–Kier alpha value is -0.170. The fourth-order valence-electron chi connectivity index (χ4n) is 1.71. The van der Waals surface area contributed by atoms with Crippen molar-refractivity contribution in [1.82, 2.24) is 9.21 Å².